The van der Waals surface area contributed by atoms with Crippen LogP contribution < -0.4 is 11.1 Å². The second-order valence-corrected chi connectivity index (χ2v) is 4.39. The minimum atomic E-state index is 0.225. The van der Waals surface area contributed by atoms with Crippen LogP contribution in [0.2, 0.25) is 0 Å². The molecule has 0 amide bonds. The standard InChI is InChI=1S/C10H13N3S/c1-10(4-5-10)13-7-3-2-6-12-8(7)9(11)14/h2-3,6,13H,4-5H2,1H3,(H2,11,14). The summed E-state index contributed by atoms with van der Waals surface area (Å²) in [5.74, 6) is 0. The molecule has 1 saturated carbocycles. The molecule has 1 aromatic rings. The van der Waals surface area contributed by atoms with E-state index in [-0.39, 0.29) is 5.54 Å². The zero-order valence-corrected chi connectivity index (χ0v) is 8.90. The van der Waals surface area contributed by atoms with Crippen LogP contribution in [-0.4, -0.2) is 15.5 Å². The van der Waals surface area contributed by atoms with Crippen molar-refractivity contribution in [3.05, 3.63) is 24.0 Å². The molecule has 0 radical (unpaired) electrons. The van der Waals surface area contributed by atoms with Gasteiger partial charge in [0.2, 0.25) is 0 Å². The Balaban J connectivity index is 2.27. The molecule has 0 aliphatic heterocycles. The Morgan fingerprint density at radius 2 is 2.36 bits per heavy atom. The predicted octanol–water partition coefficient (Wildman–Crippen LogP) is 1.68. The van der Waals surface area contributed by atoms with E-state index in [9.17, 15) is 0 Å². The number of nitrogens with one attached hydrogen (secondary N) is 1. The molecule has 1 heterocycles. The third kappa shape index (κ3) is 1.85. The van der Waals surface area contributed by atoms with Crippen LogP contribution in [0.15, 0.2) is 18.3 Å². The molecule has 0 atom stereocenters. The predicted molar refractivity (Wildman–Crippen MR) is 61.4 cm³/mol. The number of nitrogens with two attached hydrogens (primary N) is 1. The normalized spacial score (nSPS) is 17.5. The van der Waals surface area contributed by atoms with Gasteiger partial charge in [-0.15, -0.1) is 0 Å². The van der Waals surface area contributed by atoms with Gasteiger partial charge in [-0.3, -0.25) is 4.98 Å². The average molecular weight is 207 g/mol. The molecule has 0 spiro atoms. The van der Waals surface area contributed by atoms with E-state index in [0.29, 0.717) is 10.7 Å². The van der Waals surface area contributed by atoms with E-state index in [4.69, 9.17) is 18.0 Å². The maximum atomic E-state index is 5.58. The summed E-state index contributed by atoms with van der Waals surface area (Å²) >= 11 is 4.93. The van der Waals surface area contributed by atoms with Crippen molar-refractivity contribution in [3.8, 4) is 0 Å². The van der Waals surface area contributed by atoms with E-state index >= 15 is 0 Å². The summed E-state index contributed by atoms with van der Waals surface area (Å²) in [4.78, 5) is 4.51. The first kappa shape index (κ1) is 9.40. The Bertz CT molecular complexity index is 371. The summed E-state index contributed by atoms with van der Waals surface area (Å²) in [5, 5.41) is 3.41. The van der Waals surface area contributed by atoms with Crippen molar-refractivity contribution in [1.82, 2.24) is 4.98 Å². The molecule has 3 nitrogen and oxygen atoms in total. The smallest absolute Gasteiger partial charge is 0.124 e. The fourth-order valence-electron chi connectivity index (χ4n) is 1.34. The van der Waals surface area contributed by atoms with Crippen molar-refractivity contribution in [2.45, 2.75) is 25.3 Å². The Labute approximate surface area is 88.7 Å². The van der Waals surface area contributed by atoms with Gasteiger partial charge in [0.05, 0.1) is 5.69 Å². The second kappa shape index (κ2) is 3.20. The summed E-state index contributed by atoms with van der Waals surface area (Å²) in [5.41, 5.74) is 7.44. The Kier molecular flexibility index (Phi) is 2.15. The van der Waals surface area contributed by atoms with Gasteiger partial charge in [-0.05, 0) is 31.9 Å². The number of thiocarbonyl (C=S) groups is 1. The summed E-state index contributed by atoms with van der Waals surface area (Å²) in [6.45, 7) is 2.18. The fraction of sp³-hybridized carbons (Fsp3) is 0.400. The van der Waals surface area contributed by atoms with Gasteiger partial charge in [0.1, 0.15) is 10.7 Å². The van der Waals surface area contributed by atoms with Gasteiger partial charge in [-0.2, -0.15) is 0 Å². The minimum Gasteiger partial charge on any atom is -0.388 e. The largest absolute Gasteiger partial charge is 0.388 e. The molecule has 0 bridgehead atoms. The lowest BCUT2D eigenvalue weighted by molar-refractivity contribution is 0.827. The lowest BCUT2D eigenvalue weighted by Gasteiger charge is -2.15. The van der Waals surface area contributed by atoms with Crippen LogP contribution in [0.4, 0.5) is 5.69 Å². The van der Waals surface area contributed by atoms with E-state index in [1.54, 1.807) is 6.20 Å². The lowest BCUT2D eigenvalue weighted by atomic mass is 10.2. The average Bonchev–Trinajstić information content (AvgIpc) is 2.84. The van der Waals surface area contributed by atoms with Crippen molar-refractivity contribution in [1.29, 1.82) is 0 Å². The first-order valence-corrected chi connectivity index (χ1v) is 5.05. The zero-order valence-electron chi connectivity index (χ0n) is 8.08. The quantitative estimate of drug-likeness (QED) is 0.740. The van der Waals surface area contributed by atoms with E-state index in [1.807, 2.05) is 12.1 Å². The molecule has 1 aliphatic rings. The second-order valence-electron chi connectivity index (χ2n) is 3.95. The van der Waals surface area contributed by atoms with E-state index < -0.39 is 0 Å². The molecule has 0 saturated heterocycles. The number of anilines is 1. The van der Waals surface area contributed by atoms with Gasteiger partial charge < -0.3 is 11.1 Å². The van der Waals surface area contributed by atoms with Crippen LogP contribution in [-0.2, 0) is 0 Å². The van der Waals surface area contributed by atoms with Crippen LogP contribution in [0.1, 0.15) is 25.5 Å². The van der Waals surface area contributed by atoms with E-state index in [0.717, 1.165) is 5.69 Å². The maximum Gasteiger partial charge on any atom is 0.124 e. The van der Waals surface area contributed by atoms with Crippen LogP contribution in [0, 0.1) is 0 Å². The summed E-state index contributed by atoms with van der Waals surface area (Å²) in [6, 6.07) is 3.85. The maximum absolute atomic E-state index is 5.58. The highest BCUT2D eigenvalue weighted by atomic mass is 32.1. The van der Waals surface area contributed by atoms with Crippen LogP contribution in [0.3, 0.4) is 0 Å². The molecule has 0 unspecified atom stereocenters. The molecular weight excluding hydrogens is 194 g/mol. The Hall–Kier alpha value is -1.16. The van der Waals surface area contributed by atoms with Gasteiger partial charge in [-0.25, -0.2) is 0 Å². The topological polar surface area (TPSA) is 50.9 Å². The Morgan fingerprint density at radius 3 is 2.93 bits per heavy atom. The van der Waals surface area contributed by atoms with Crippen LogP contribution in [0.25, 0.3) is 0 Å². The highest BCUT2D eigenvalue weighted by Crippen LogP contribution is 2.38. The van der Waals surface area contributed by atoms with Gasteiger partial charge in [0.25, 0.3) is 0 Å². The third-order valence-corrected chi connectivity index (χ3v) is 2.67. The van der Waals surface area contributed by atoms with E-state index in [1.165, 1.54) is 12.8 Å². The van der Waals surface area contributed by atoms with E-state index in [2.05, 4.69) is 17.2 Å². The highest BCUT2D eigenvalue weighted by Gasteiger charge is 2.37. The number of pyridine rings is 1. The summed E-state index contributed by atoms with van der Waals surface area (Å²) < 4.78 is 0. The van der Waals surface area contributed by atoms with Crippen molar-refractivity contribution in [3.63, 3.8) is 0 Å². The van der Waals surface area contributed by atoms with Gasteiger partial charge in [0, 0.05) is 11.7 Å². The molecule has 14 heavy (non-hydrogen) atoms. The third-order valence-electron chi connectivity index (χ3n) is 2.48. The first-order valence-electron chi connectivity index (χ1n) is 4.64. The SMILES string of the molecule is CC1(Nc2cccnc2C(N)=S)CC1. The van der Waals surface area contributed by atoms with Crippen molar-refractivity contribution in [2.24, 2.45) is 5.73 Å². The molecule has 4 heteroatoms. The lowest BCUT2D eigenvalue weighted by Crippen LogP contribution is -2.21. The number of hydrogen-bond acceptors (Lipinski definition) is 3. The van der Waals surface area contributed by atoms with Crippen LogP contribution >= 0.6 is 12.2 Å². The molecular formula is C10H13N3S. The number of rotatable bonds is 3. The van der Waals surface area contributed by atoms with Crippen molar-refractivity contribution in [2.75, 3.05) is 5.32 Å². The molecule has 1 aliphatic carbocycles. The summed E-state index contributed by atoms with van der Waals surface area (Å²) in [6.07, 6.45) is 4.09. The molecule has 1 aromatic heterocycles. The number of nitrogens with zero attached hydrogens (tertiary/aromatic N) is 1. The minimum absolute atomic E-state index is 0.225. The molecule has 1 fully saturated rings. The van der Waals surface area contributed by atoms with Gasteiger partial charge in [-0.1, -0.05) is 12.2 Å². The highest BCUT2D eigenvalue weighted by molar-refractivity contribution is 7.80. The monoisotopic (exact) mass is 207 g/mol. The van der Waals surface area contributed by atoms with Gasteiger partial charge in [0.15, 0.2) is 0 Å². The molecule has 3 N–H and O–H groups in total. The Morgan fingerprint density at radius 1 is 1.64 bits per heavy atom. The molecule has 0 aromatic carbocycles. The summed E-state index contributed by atoms with van der Waals surface area (Å²) in [7, 11) is 0. The number of aromatic nitrogens is 1. The molecule has 2 rings (SSSR count). The van der Waals surface area contributed by atoms with Crippen molar-refractivity contribution >= 4 is 22.9 Å². The number of hydrogen-bond donors (Lipinski definition) is 2. The molecule has 74 valence electrons. The first-order chi connectivity index (χ1) is 6.61. The zero-order chi connectivity index (χ0) is 10.2. The van der Waals surface area contributed by atoms with Crippen molar-refractivity contribution < 1.29 is 0 Å². The van der Waals surface area contributed by atoms with Gasteiger partial charge >= 0.3 is 0 Å². The van der Waals surface area contributed by atoms with Crippen LogP contribution in [0.5, 0.6) is 0 Å². The fourth-order valence-corrected chi connectivity index (χ4v) is 1.50.